The van der Waals surface area contributed by atoms with E-state index in [2.05, 4.69) is 21.2 Å². The number of ether oxygens (including phenoxy) is 1. The fourth-order valence-electron chi connectivity index (χ4n) is 2.18. The Labute approximate surface area is 136 Å². The van der Waals surface area contributed by atoms with Crippen LogP contribution in [0.2, 0.25) is 0 Å². The fourth-order valence-corrected chi connectivity index (χ4v) is 2.58. The van der Waals surface area contributed by atoms with Crippen LogP contribution in [0.3, 0.4) is 0 Å². The van der Waals surface area contributed by atoms with Crippen molar-refractivity contribution in [1.29, 1.82) is 0 Å². The Bertz CT molecular complexity index is 761. The van der Waals surface area contributed by atoms with Crippen LogP contribution in [-0.2, 0) is 4.79 Å². The SMILES string of the molecule is CN1C(=O)COc2ccc(NC(=O)c3cccc(Br)c3)cc21. The number of nitrogens with one attached hydrogen (secondary N) is 1. The first-order valence-electron chi connectivity index (χ1n) is 6.65. The zero-order chi connectivity index (χ0) is 15.7. The second-order valence-electron chi connectivity index (χ2n) is 4.89. The van der Waals surface area contributed by atoms with E-state index < -0.39 is 0 Å². The number of carbonyl (C=O) groups is 2. The molecule has 0 spiro atoms. The van der Waals surface area contributed by atoms with Crippen molar-refractivity contribution in [3.05, 3.63) is 52.5 Å². The minimum absolute atomic E-state index is 0.0350. The Morgan fingerprint density at radius 2 is 2.09 bits per heavy atom. The largest absolute Gasteiger partial charge is 0.482 e. The zero-order valence-corrected chi connectivity index (χ0v) is 13.4. The highest BCUT2D eigenvalue weighted by molar-refractivity contribution is 9.10. The van der Waals surface area contributed by atoms with E-state index in [1.54, 1.807) is 43.4 Å². The maximum absolute atomic E-state index is 12.2. The molecule has 1 N–H and O–H groups in total. The summed E-state index contributed by atoms with van der Waals surface area (Å²) in [6.45, 7) is 0.0350. The molecule has 1 heterocycles. The Morgan fingerprint density at radius 3 is 2.86 bits per heavy atom. The summed E-state index contributed by atoms with van der Waals surface area (Å²) in [6, 6.07) is 12.3. The van der Waals surface area contributed by atoms with Gasteiger partial charge in [-0.15, -0.1) is 0 Å². The minimum atomic E-state index is -0.216. The van der Waals surface area contributed by atoms with Gasteiger partial charge in [-0.25, -0.2) is 0 Å². The number of amides is 2. The number of benzene rings is 2. The van der Waals surface area contributed by atoms with Gasteiger partial charge >= 0.3 is 0 Å². The van der Waals surface area contributed by atoms with E-state index in [0.717, 1.165) is 4.47 Å². The van der Waals surface area contributed by atoms with Crippen molar-refractivity contribution in [2.24, 2.45) is 0 Å². The van der Waals surface area contributed by atoms with Gasteiger partial charge in [0.2, 0.25) is 0 Å². The summed E-state index contributed by atoms with van der Waals surface area (Å²) in [4.78, 5) is 25.4. The number of rotatable bonds is 2. The predicted octanol–water partition coefficient (Wildman–Crippen LogP) is 3.06. The lowest BCUT2D eigenvalue weighted by atomic mass is 10.2. The van der Waals surface area contributed by atoms with Gasteiger partial charge in [0, 0.05) is 22.8 Å². The van der Waals surface area contributed by atoms with E-state index in [-0.39, 0.29) is 18.4 Å². The average molecular weight is 361 g/mol. The third kappa shape index (κ3) is 2.82. The molecule has 0 aromatic heterocycles. The molecular formula is C16H13BrN2O3. The van der Waals surface area contributed by atoms with Crippen molar-refractivity contribution in [3.8, 4) is 5.75 Å². The lowest BCUT2D eigenvalue weighted by molar-refractivity contribution is -0.120. The quantitative estimate of drug-likeness (QED) is 0.895. The van der Waals surface area contributed by atoms with Crippen LogP contribution < -0.4 is 15.0 Å². The molecule has 22 heavy (non-hydrogen) atoms. The maximum Gasteiger partial charge on any atom is 0.264 e. The molecule has 1 aliphatic rings. The summed E-state index contributed by atoms with van der Waals surface area (Å²) in [7, 11) is 1.68. The summed E-state index contributed by atoms with van der Waals surface area (Å²) in [5, 5.41) is 2.82. The lowest BCUT2D eigenvalue weighted by Crippen LogP contribution is -2.35. The molecule has 0 fully saturated rings. The molecule has 5 nitrogen and oxygen atoms in total. The standard InChI is InChI=1S/C16H13BrN2O3/c1-19-13-8-12(5-6-14(13)22-9-15(19)20)18-16(21)10-3-2-4-11(17)7-10/h2-8H,9H2,1H3,(H,18,21). The summed E-state index contributed by atoms with van der Waals surface area (Å²) in [6.07, 6.45) is 0. The summed E-state index contributed by atoms with van der Waals surface area (Å²) < 4.78 is 6.19. The van der Waals surface area contributed by atoms with Crippen LogP contribution in [-0.4, -0.2) is 25.5 Å². The molecule has 1 aliphatic heterocycles. The zero-order valence-electron chi connectivity index (χ0n) is 11.8. The molecule has 3 rings (SSSR count). The van der Waals surface area contributed by atoms with E-state index in [0.29, 0.717) is 22.7 Å². The van der Waals surface area contributed by atoms with Crippen molar-refractivity contribution in [1.82, 2.24) is 0 Å². The highest BCUT2D eigenvalue weighted by atomic mass is 79.9. The van der Waals surface area contributed by atoms with Gasteiger partial charge in [-0.3, -0.25) is 9.59 Å². The minimum Gasteiger partial charge on any atom is -0.482 e. The van der Waals surface area contributed by atoms with E-state index >= 15 is 0 Å². The molecule has 0 unspecified atom stereocenters. The van der Waals surface area contributed by atoms with Crippen molar-refractivity contribution in [3.63, 3.8) is 0 Å². The van der Waals surface area contributed by atoms with E-state index in [9.17, 15) is 9.59 Å². The second-order valence-corrected chi connectivity index (χ2v) is 5.80. The highest BCUT2D eigenvalue weighted by Crippen LogP contribution is 2.33. The van der Waals surface area contributed by atoms with Gasteiger partial charge in [0.15, 0.2) is 6.61 Å². The monoisotopic (exact) mass is 360 g/mol. The molecular weight excluding hydrogens is 348 g/mol. The summed E-state index contributed by atoms with van der Waals surface area (Å²) in [5.74, 6) is 0.289. The number of hydrogen-bond acceptors (Lipinski definition) is 3. The predicted molar refractivity (Wildman–Crippen MR) is 87.4 cm³/mol. The molecule has 2 aromatic rings. The Morgan fingerprint density at radius 1 is 1.27 bits per heavy atom. The Balaban J connectivity index is 1.84. The van der Waals surface area contributed by atoms with Crippen LogP contribution in [0.1, 0.15) is 10.4 Å². The second kappa shape index (κ2) is 5.81. The molecule has 6 heteroatoms. The molecule has 112 valence electrons. The van der Waals surface area contributed by atoms with Crippen molar-refractivity contribution >= 4 is 39.1 Å². The molecule has 2 aromatic carbocycles. The van der Waals surface area contributed by atoms with Gasteiger partial charge in [0.05, 0.1) is 5.69 Å². The number of halogens is 1. The Kier molecular flexibility index (Phi) is 3.85. The van der Waals surface area contributed by atoms with E-state index in [1.807, 2.05) is 6.07 Å². The molecule has 0 saturated carbocycles. The van der Waals surface area contributed by atoms with E-state index in [1.165, 1.54) is 4.90 Å². The fraction of sp³-hybridized carbons (Fsp3) is 0.125. The van der Waals surface area contributed by atoms with Crippen LogP contribution in [0, 0.1) is 0 Å². The van der Waals surface area contributed by atoms with Crippen LogP contribution in [0.15, 0.2) is 46.9 Å². The maximum atomic E-state index is 12.2. The first-order valence-corrected chi connectivity index (χ1v) is 7.44. The van der Waals surface area contributed by atoms with Crippen LogP contribution in [0.4, 0.5) is 11.4 Å². The molecule has 0 bridgehead atoms. The topological polar surface area (TPSA) is 58.6 Å². The summed E-state index contributed by atoms with van der Waals surface area (Å²) in [5.41, 5.74) is 1.80. The van der Waals surface area contributed by atoms with Gasteiger partial charge < -0.3 is 15.0 Å². The van der Waals surface area contributed by atoms with E-state index in [4.69, 9.17) is 4.74 Å². The third-order valence-electron chi connectivity index (χ3n) is 3.39. The third-order valence-corrected chi connectivity index (χ3v) is 3.88. The van der Waals surface area contributed by atoms with Crippen molar-refractivity contribution in [2.45, 2.75) is 0 Å². The first-order chi connectivity index (χ1) is 10.5. The molecule has 0 aliphatic carbocycles. The normalized spacial score (nSPS) is 13.4. The number of hydrogen-bond donors (Lipinski definition) is 1. The average Bonchev–Trinajstić information content (AvgIpc) is 2.51. The molecule has 0 atom stereocenters. The number of nitrogens with zero attached hydrogens (tertiary/aromatic N) is 1. The van der Waals surface area contributed by atoms with Gasteiger partial charge in [-0.1, -0.05) is 22.0 Å². The van der Waals surface area contributed by atoms with Crippen LogP contribution in [0.5, 0.6) is 5.75 Å². The molecule has 0 radical (unpaired) electrons. The molecule has 2 amide bonds. The number of likely N-dealkylation sites (N-methyl/N-ethyl adjacent to an activating group) is 1. The summed E-state index contributed by atoms with van der Waals surface area (Å²) >= 11 is 3.34. The number of fused-ring (bicyclic) bond motifs is 1. The van der Waals surface area contributed by atoms with Gasteiger partial charge in [0.25, 0.3) is 11.8 Å². The van der Waals surface area contributed by atoms with Gasteiger partial charge in [-0.05, 0) is 36.4 Å². The first kappa shape index (κ1) is 14.6. The van der Waals surface area contributed by atoms with Crippen molar-refractivity contribution in [2.75, 3.05) is 23.9 Å². The lowest BCUT2D eigenvalue weighted by Gasteiger charge is -2.26. The van der Waals surface area contributed by atoms with Gasteiger partial charge in [-0.2, -0.15) is 0 Å². The van der Waals surface area contributed by atoms with Crippen LogP contribution >= 0.6 is 15.9 Å². The van der Waals surface area contributed by atoms with Crippen molar-refractivity contribution < 1.29 is 14.3 Å². The van der Waals surface area contributed by atoms with Crippen LogP contribution in [0.25, 0.3) is 0 Å². The number of carbonyl (C=O) groups excluding carboxylic acids is 2. The molecule has 0 saturated heterocycles. The Hall–Kier alpha value is -2.34. The number of anilines is 2. The smallest absolute Gasteiger partial charge is 0.264 e. The highest BCUT2D eigenvalue weighted by Gasteiger charge is 2.22. The van der Waals surface area contributed by atoms with Gasteiger partial charge in [0.1, 0.15) is 5.75 Å².